The van der Waals surface area contributed by atoms with Crippen molar-refractivity contribution in [3.05, 3.63) is 29.8 Å². The molecule has 5 heteroatoms. The lowest BCUT2D eigenvalue weighted by Gasteiger charge is -2.29. The molecule has 1 amide bonds. The number of ether oxygens (including phenoxy) is 1. The molecule has 1 aromatic rings. The second-order valence-electron chi connectivity index (χ2n) is 4.99. The van der Waals surface area contributed by atoms with Gasteiger partial charge in [0.05, 0.1) is 12.5 Å². The van der Waals surface area contributed by atoms with Crippen LogP contribution in [-0.4, -0.2) is 19.0 Å². The Morgan fingerprint density at radius 3 is 2.21 bits per heavy atom. The minimum atomic E-state index is -0.815. The molecule has 3 N–H and O–H groups in total. The highest BCUT2D eigenvalue weighted by atomic mass is 16.5. The molecule has 0 aromatic heterocycles. The monoisotopic (exact) mass is 264 g/mol. The van der Waals surface area contributed by atoms with E-state index in [1.54, 1.807) is 38.1 Å². The first-order valence-electron chi connectivity index (χ1n) is 6.00. The predicted molar refractivity (Wildman–Crippen MR) is 73.5 cm³/mol. The topological polar surface area (TPSA) is 81.4 Å². The van der Waals surface area contributed by atoms with Gasteiger partial charge >= 0.3 is 5.97 Å². The zero-order valence-corrected chi connectivity index (χ0v) is 11.7. The molecule has 1 aromatic carbocycles. The third kappa shape index (κ3) is 3.54. The number of hydrogen-bond donors (Lipinski definition) is 2. The number of carbonyl (C=O) groups excluding carboxylic acids is 2. The standard InChI is InChI=1S/C14H20N2O3/c1-9(17)16-11-7-5-10(6-8-11)12(15)14(2,3)13(18)19-4/h5-8,12H,15H2,1-4H3,(H,16,17)/t12-/m1/s1. The Morgan fingerprint density at radius 2 is 1.79 bits per heavy atom. The van der Waals surface area contributed by atoms with Crippen LogP contribution in [0.1, 0.15) is 32.4 Å². The molecule has 0 bridgehead atoms. The molecule has 5 nitrogen and oxygen atoms in total. The Balaban J connectivity index is 2.91. The number of rotatable bonds is 4. The summed E-state index contributed by atoms with van der Waals surface area (Å²) in [6.45, 7) is 4.93. The number of hydrogen-bond acceptors (Lipinski definition) is 4. The Morgan fingerprint density at radius 1 is 1.26 bits per heavy atom. The highest BCUT2D eigenvalue weighted by Crippen LogP contribution is 2.32. The number of benzene rings is 1. The van der Waals surface area contributed by atoms with E-state index in [4.69, 9.17) is 10.5 Å². The Bertz CT molecular complexity index is 466. The highest BCUT2D eigenvalue weighted by molar-refractivity contribution is 5.88. The van der Waals surface area contributed by atoms with Crippen molar-refractivity contribution >= 4 is 17.6 Å². The SMILES string of the molecule is COC(=O)C(C)(C)[C@H](N)c1ccc(NC(C)=O)cc1. The van der Waals surface area contributed by atoms with E-state index in [0.717, 1.165) is 5.56 Å². The van der Waals surface area contributed by atoms with Crippen molar-refractivity contribution in [2.75, 3.05) is 12.4 Å². The van der Waals surface area contributed by atoms with Gasteiger partial charge in [-0.2, -0.15) is 0 Å². The lowest BCUT2D eigenvalue weighted by molar-refractivity contribution is -0.152. The van der Waals surface area contributed by atoms with E-state index >= 15 is 0 Å². The third-order valence-corrected chi connectivity index (χ3v) is 3.08. The number of anilines is 1. The molecule has 0 unspecified atom stereocenters. The van der Waals surface area contributed by atoms with Crippen LogP contribution in [0, 0.1) is 5.41 Å². The zero-order valence-electron chi connectivity index (χ0n) is 11.7. The molecule has 0 aliphatic heterocycles. The highest BCUT2D eigenvalue weighted by Gasteiger charge is 2.36. The third-order valence-electron chi connectivity index (χ3n) is 3.08. The molecule has 19 heavy (non-hydrogen) atoms. The van der Waals surface area contributed by atoms with E-state index < -0.39 is 11.5 Å². The summed E-state index contributed by atoms with van der Waals surface area (Å²) in [6, 6.07) is 6.61. The van der Waals surface area contributed by atoms with Crippen molar-refractivity contribution in [3.8, 4) is 0 Å². The van der Waals surface area contributed by atoms with Crippen LogP contribution in [0.25, 0.3) is 0 Å². The number of nitrogens with two attached hydrogens (primary N) is 1. The van der Waals surface area contributed by atoms with Gasteiger partial charge in [0.2, 0.25) is 5.91 Å². The minimum absolute atomic E-state index is 0.132. The fraction of sp³-hybridized carbons (Fsp3) is 0.429. The van der Waals surface area contributed by atoms with Crippen LogP contribution < -0.4 is 11.1 Å². The van der Waals surface area contributed by atoms with Crippen LogP contribution in [0.3, 0.4) is 0 Å². The van der Waals surface area contributed by atoms with Crippen LogP contribution in [0.5, 0.6) is 0 Å². The van der Waals surface area contributed by atoms with Gasteiger partial charge in [0.1, 0.15) is 0 Å². The van der Waals surface area contributed by atoms with E-state index in [9.17, 15) is 9.59 Å². The van der Waals surface area contributed by atoms with Crippen molar-refractivity contribution in [1.29, 1.82) is 0 Å². The molecule has 104 valence electrons. The Labute approximate surface area is 113 Å². The molecule has 0 spiro atoms. The molecule has 0 heterocycles. The van der Waals surface area contributed by atoms with Gasteiger partial charge in [0.25, 0.3) is 0 Å². The van der Waals surface area contributed by atoms with Crippen molar-refractivity contribution in [1.82, 2.24) is 0 Å². The first-order valence-corrected chi connectivity index (χ1v) is 6.00. The van der Waals surface area contributed by atoms with Crippen LogP contribution in [0.15, 0.2) is 24.3 Å². The average molecular weight is 264 g/mol. The van der Waals surface area contributed by atoms with Gasteiger partial charge in [0, 0.05) is 18.7 Å². The van der Waals surface area contributed by atoms with Crippen molar-refractivity contribution in [3.63, 3.8) is 0 Å². The van der Waals surface area contributed by atoms with Crippen LogP contribution in [0.4, 0.5) is 5.69 Å². The summed E-state index contributed by atoms with van der Waals surface area (Å²) in [7, 11) is 1.34. The van der Waals surface area contributed by atoms with Crippen molar-refractivity contribution < 1.29 is 14.3 Å². The van der Waals surface area contributed by atoms with E-state index in [1.807, 2.05) is 0 Å². The lowest BCUT2D eigenvalue weighted by Crippen LogP contribution is -2.37. The van der Waals surface area contributed by atoms with Crippen LogP contribution in [-0.2, 0) is 14.3 Å². The summed E-state index contributed by atoms with van der Waals surface area (Å²) in [4.78, 5) is 22.6. The molecule has 0 saturated heterocycles. The molecule has 0 saturated carbocycles. The number of carbonyl (C=O) groups is 2. The van der Waals surface area contributed by atoms with E-state index in [2.05, 4.69) is 5.32 Å². The van der Waals surface area contributed by atoms with Gasteiger partial charge in [-0.3, -0.25) is 9.59 Å². The van der Waals surface area contributed by atoms with Crippen LogP contribution >= 0.6 is 0 Å². The van der Waals surface area contributed by atoms with Gasteiger partial charge in [-0.15, -0.1) is 0 Å². The number of methoxy groups -OCH3 is 1. The molecular weight excluding hydrogens is 244 g/mol. The van der Waals surface area contributed by atoms with Crippen molar-refractivity contribution in [2.24, 2.45) is 11.1 Å². The zero-order chi connectivity index (χ0) is 14.6. The Kier molecular flexibility index (Phi) is 4.67. The van der Waals surface area contributed by atoms with E-state index in [-0.39, 0.29) is 11.9 Å². The summed E-state index contributed by atoms with van der Waals surface area (Å²) >= 11 is 0. The van der Waals surface area contributed by atoms with E-state index in [0.29, 0.717) is 5.69 Å². The molecular formula is C14H20N2O3. The quantitative estimate of drug-likeness (QED) is 0.813. The summed E-state index contributed by atoms with van der Waals surface area (Å²) < 4.78 is 4.76. The van der Waals surface area contributed by atoms with Gasteiger partial charge in [-0.05, 0) is 31.5 Å². The number of amides is 1. The van der Waals surface area contributed by atoms with E-state index in [1.165, 1.54) is 14.0 Å². The van der Waals surface area contributed by atoms with Gasteiger partial charge in [-0.1, -0.05) is 12.1 Å². The maximum atomic E-state index is 11.7. The smallest absolute Gasteiger partial charge is 0.313 e. The predicted octanol–water partition coefficient (Wildman–Crippen LogP) is 1.84. The fourth-order valence-corrected chi connectivity index (χ4v) is 1.78. The summed E-state index contributed by atoms with van der Waals surface area (Å²) in [6.07, 6.45) is 0. The molecule has 0 fully saturated rings. The number of esters is 1. The summed E-state index contributed by atoms with van der Waals surface area (Å²) in [5, 5.41) is 2.67. The fourth-order valence-electron chi connectivity index (χ4n) is 1.78. The second-order valence-corrected chi connectivity index (χ2v) is 4.99. The lowest BCUT2D eigenvalue weighted by atomic mass is 9.81. The molecule has 1 rings (SSSR count). The van der Waals surface area contributed by atoms with Crippen molar-refractivity contribution in [2.45, 2.75) is 26.8 Å². The molecule has 0 aliphatic rings. The molecule has 0 radical (unpaired) electrons. The summed E-state index contributed by atoms with van der Waals surface area (Å²) in [5.74, 6) is -0.488. The molecule has 0 aliphatic carbocycles. The maximum absolute atomic E-state index is 11.7. The van der Waals surface area contributed by atoms with Gasteiger partial charge < -0.3 is 15.8 Å². The van der Waals surface area contributed by atoms with Gasteiger partial charge in [-0.25, -0.2) is 0 Å². The minimum Gasteiger partial charge on any atom is -0.469 e. The second kappa shape index (κ2) is 5.84. The molecule has 1 atom stereocenters. The maximum Gasteiger partial charge on any atom is 0.313 e. The summed E-state index contributed by atoms with van der Waals surface area (Å²) in [5.41, 5.74) is 6.80. The first-order chi connectivity index (χ1) is 8.78. The normalized spacial score (nSPS) is 12.7. The average Bonchev–Trinajstić information content (AvgIpc) is 2.37. The van der Waals surface area contributed by atoms with Crippen LogP contribution in [0.2, 0.25) is 0 Å². The Hall–Kier alpha value is -1.88. The largest absolute Gasteiger partial charge is 0.469 e. The first kappa shape index (κ1) is 15.2. The van der Waals surface area contributed by atoms with Gasteiger partial charge in [0.15, 0.2) is 0 Å². The number of nitrogens with one attached hydrogen (secondary N) is 1.